The predicted octanol–water partition coefficient (Wildman–Crippen LogP) is 0.840. The highest BCUT2D eigenvalue weighted by molar-refractivity contribution is 5.86. The quantitative estimate of drug-likeness (QED) is 0.753. The molecule has 0 saturated heterocycles. The van der Waals surface area contributed by atoms with Crippen molar-refractivity contribution < 1.29 is 23.9 Å². The van der Waals surface area contributed by atoms with Crippen LogP contribution in [0.3, 0.4) is 0 Å². The maximum atomic E-state index is 12.0. The molecule has 1 aromatic carbocycles. The molecule has 0 bridgehead atoms. The fraction of sp³-hybridized carbons (Fsp3) is 0.400. The van der Waals surface area contributed by atoms with E-state index in [1.807, 2.05) is 30.3 Å². The number of carbonyl (C=O) groups is 3. The van der Waals surface area contributed by atoms with Crippen LogP contribution in [-0.4, -0.2) is 37.1 Å². The first-order valence-corrected chi connectivity index (χ1v) is 6.67. The van der Waals surface area contributed by atoms with Gasteiger partial charge in [0.15, 0.2) is 6.10 Å². The molecule has 1 N–H and O–H groups in total. The minimum absolute atomic E-state index is 0.242. The van der Waals surface area contributed by atoms with Crippen molar-refractivity contribution in [2.75, 3.05) is 13.2 Å². The molecular formula is C15H19NO5. The number of rotatable bonds is 7. The highest BCUT2D eigenvalue weighted by atomic mass is 16.5. The minimum atomic E-state index is -0.973. The van der Waals surface area contributed by atoms with Crippen LogP contribution < -0.4 is 5.32 Å². The number of hydrogen-bond acceptors (Lipinski definition) is 5. The van der Waals surface area contributed by atoms with E-state index >= 15 is 0 Å². The second kappa shape index (κ2) is 8.73. The van der Waals surface area contributed by atoms with E-state index in [1.165, 1.54) is 6.92 Å². The Hall–Kier alpha value is -2.37. The van der Waals surface area contributed by atoms with Crippen LogP contribution in [0.15, 0.2) is 30.3 Å². The Bertz CT molecular complexity index is 486. The Morgan fingerprint density at radius 3 is 2.43 bits per heavy atom. The van der Waals surface area contributed by atoms with Crippen molar-refractivity contribution in [3.05, 3.63) is 35.9 Å². The van der Waals surface area contributed by atoms with E-state index in [2.05, 4.69) is 5.32 Å². The first-order chi connectivity index (χ1) is 10.0. The van der Waals surface area contributed by atoms with Gasteiger partial charge in [0.1, 0.15) is 6.54 Å². The maximum absolute atomic E-state index is 12.0. The fourth-order valence-electron chi connectivity index (χ4n) is 1.70. The standard InChI is InChI=1S/C15H19NO5/c1-3-20-14(18)10-16-15(19)13(21-11(2)17)9-12-7-5-4-6-8-12/h4-8,13H,3,9-10H2,1-2H3,(H,16,19)/t13-/m0/s1. The van der Waals surface area contributed by atoms with Gasteiger partial charge in [-0.2, -0.15) is 0 Å². The summed E-state index contributed by atoms with van der Waals surface area (Å²) in [5.74, 6) is -1.61. The summed E-state index contributed by atoms with van der Waals surface area (Å²) in [5, 5.41) is 2.40. The van der Waals surface area contributed by atoms with E-state index in [0.717, 1.165) is 5.56 Å². The third-order valence-electron chi connectivity index (χ3n) is 2.58. The van der Waals surface area contributed by atoms with Gasteiger partial charge in [-0.15, -0.1) is 0 Å². The molecular weight excluding hydrogens is 274 g/mol. The first kappa shape index (κ1) is 16.7. The van der Waals surface area contributed by atoms with E-state index in [0.29, 0.717) is 0 Å². The van der Waals surface area contributed by atoms with Crippen LogP contribution in [0.4, 0.5) is 0 Å². The van der Waals surface area contributed by atoms with E-state index in [-0.39, 0.29) is 19.6 Å². The van der Waals surface area contributed by atoms with Crippen molar-refractivity contribution in [2.24, 2.45) is 0 Å². The van der Waals surface area contributed by atoms with Crippen molar-refractivity contribution >= 4 is 17.8 Å². The van der Waals surface area contributed by atoms with Gasteiger partial charge in [-0.05, 0) is 12.5 Å². The molecule has 0 unspecified atom stereocenters. The summed E-state index contributed by atoms with van der Waals surface area (Å²) >= 11 is 0. The van der Waals surface area contributed by atoms with Gasteiger partial charge in [0.05, 0.1) is 6.61 Å². The molecule has 1 amide bonds. The highest BCUT2D eigenvalue weighted by Crippen LogP contribution is 2.06. The Morgan fingerprint density at radius 1 is 1.19 bits per heavy atom. The molecule has 0 saturated carbocycles. The molecule has 0 aliphatic rings. The Morgan fingerprint density at radius 2 is 1.86 bits per heavy atom. The topological polar surface area (TPSA) is 81.7 Å². The van der Waals surface area contributed by atoms with Crippen LogP contribution in [0.5, 0.6) is 0 Å². The molecule has 6 nitrogen and oxygen atoms in total. The summed E-state index contributed by atoms with van der Waals surface area (Å²) in [7, 11) is 0. The van der Waals surface area contributed by atoms with Crippen LogP contribution in [0.2, 0.25) is 0 Å². The lowest BCUT2D eigenvalue weighted by Crippen LogP contribution is -2.41. The second-order valence-electron chi connectivity index (χ2n) is 4.31. The van der Waals surface area contributed by atoms with E-state index in [9.17, 15) is 14.4 Å². The summed E-state index contributed by atoms with van der Waals surface area (Å²) in [5.41, 5.74) is 0.857. The first-order valence-electron chi connectivity index (χ1n) is 6.67. The molecule has 21 heavy (non-hydrogen) atoms. The lowest BCUT2D eigenvalue weighted by molar-refractivity contribution is -0.154. The Kier molecular flexibility index (Phi) is 6.94. The fourth-order valence-corrected chi connectivity index (χ4v) is 1.70. The van der Waals surface area contributed by atoms with Crippen molar-refractivity contribution in [1.82, 2.24) is 5.32 Å². The third kappa shape index (κ3) is 6.56. The van der Waals surface area contributed by atoms with Gasteiger partial charge < -0.3 is 14.8 Å². The normalized spacial score (nSPS) is 11.3. The number of ether oxygens (including phenoxy) is 2. The molecule has 6 heteroatoms. The van der Waals surface area contributed by atoms with E-state index in [4.69, 9.17) is 9.47 Å². The number of amides is 1. The van der Waals surface area contributed by atoms with E-state index in [1.54, 1.807) is 6.92 Å². The molecule has 1 rings (SSSR count). The largest absolute Gasteiger partial charge is 0.465 e. The summed E-state index contributed by atoms with van der Waals surface area (Å²) in [4.78, 5) is 34.3. The lowest BCUT2D eigenvalue weighted by atomic mass is 10.1. The van der Waals surface area contributed by atoms with Crippen molar-refractivity contribution in [2.45, 2.75) is 26.4 Å². The average Bonchev–Trinajstić information content (AvgIpc) is 2.45. The minimum Gasteiger partial charge on any atom is -0.465 e. The molecule has 0 aromatic heterocycles. The monoisotopic (exact) mass is 293 g/mol. The van der Waals surface area contributed by atoms with Gasteiger partial charge in [-0.25, -0.2) is 0 Å². The number of hydrogen-bond donors (Lipinski definition) is 1. The smallest absolute Gasteiger partial charge is 0.325 e. The molecule has 1 aromatic rings. The molecule has 0 heterocycles. The maximum Gasteiger partial charge on any atom is 0.325 e. The highest BCUT2D eigenvalue weighted by Gasteiger charge is 2.22. The second-order valence-corrected chi connectivity index (χ2v) is 4.31. The Balaban J connectivity index is 2.62. The molecule has 114 valence electrons. The number of carbonyl (C=O) groups excluding carboxylic acids is 3. The van der Waals surface area contributed by atoms with Gasteiger partial charge in [-0.3, -0.25) is 14.4 Å². The molecule has 1 atom stereocenters. The summed E-state index contributed by atoms with van der Waals surface area (Å²) < 4.78 is 9.72. The van der Waals surface area contributed by atoms with Crippen LogP contribution in [0, 0.1) is 0 Å². The molecule has 0 radical (unpaired) electrons. The predicted molar refractivity (Wildman–Crippen MR) is 75.3 cm³/mol. The van der Waals surface area contributed by atoms with Crippen LogP contribution >= 0.6 is 0 Å². The van der Waals surface area contributed by atoms with Crippen LogP contribution in [0.25, 0.3) is 0 Å². The van der Waals surface area contributed by atoms with Gasteiger partial charge in [0.2, 0.25) is 0 Å². The Labute approximate surface area is 123 Å². The van der Waals surface area contributed by atoms with Crippen molar-refractivity contribution in [3.8, 4) is 0 Å². The number of esters is 2. The summed E-state index contributed by atoms with van der Waals surface area (Å²) in [6.07, 6.45) is -0.728. The zero-order valence-electron chi connectivity index (χ0n) is 12.1. The summed E-state index contributed by atoms with van der Waals surface area (Å²) in [6.45, 7) is 2.90. The number of benzene rings is 1. The van der Waals surface area contributed by atoms with Gasteiger partial charge in [-0.1, -0.05) is 30.3 Å². The zero-order valence-corrected chi connectivity index (χ0v) is 12.1. The average molecular weight is 293 g/mol. The van der Waals surface area contributed by atoms with Crippen LogP contribution in [-0.2, 0) is 30.3 Å². The number of nitrogens with one attached hydrogen (secondary N) is 1. The van der Waals surface area contributed by atoms with E-state index < -0.39 is 23.9 Å². The third-order valence-corrected chi connectivity index (χ3v) is 2.58. The lowest BCUT2D eigenvalue weighted by Gasteiger charge is -2.16. The van der Waals surface area contributed by atoms with Gasteiger partial charge in [0, 0.05) is 13.3 Å². The van der Waals surface area contributed by atoms with Crippen LogP contribution in [0.1, 0.15) is 19.4 Å². The summed E-state index contributed by atoms with van der Waals surface area (Å²) in [6, 6.07) is 9.17. The SMILES string of the molecule is CCOC(=O)CNC(=O)[C@H](Cc1ccccc1)OC(C)=O. The van der Waals surface area contributed by atoms with Gasteiger partial charge in [0.25, 0.3) is 5.91 Å². The molecule has 0 spiro atoms. The van der Waals surface area contributed by atoms with Crippen molar-refractivity contribution in [3.63, 3.8) is 0 Å². The van der Waals surface area contributed by atoms with Gasteiger partial charge >= 0.3 is 11.9 Å². The molecule has 0 aliphatic carbocycles. The molecule has 0 aliphatic heterocycles. The molecule has 0 fully saturated rings. The van der Waals surface area contributed by atoms with Crippen molar-refractivity contribution in [1.29, 1.82) is 0 Å². The zero-order chi connectivity index (χ0) is 15.7.